The van der Waals surface area contributed by atoms with Gasteiger partial charge < -0.3 is 10.1 Å². The number of rotatable bonds is 2. The predicted octanol–water partition coefficient (Wildman–Crippen LogP) is 2.35. The topological polar surface area (TPSA) is 62.1 Å². The standard InChI is InChI=1S/C11H18N2O2/c1-10(2,3)15-9(14)13-11(7-8-12)5-4-6-11/h4-7H2,1-3H3,(H,13,14). The number of hydrogen-bond acceptors (Lipinski definition) is 3. The molecule has 0 atom stereocenters. The van der Waals surface area contributed by atoms with E-state index in [9.17, 15) is 4.79 Å². The first-order chi connectivity index (χ1) is 6.87. The number of alkyl carbamates (subject to hydrolysis) is 1. The van der Waals surface area contributed by atoms with Crippen molar-refractivity contribution in [3.8, 4) is 6.07 Å². The zero-order chi connectivity index (χ0) is 11.5. The lowest BCUT2D eigenvalue weighted by Gasteiger charge is -2.40. The molecule has 15 heavy (non-hydrogen) atoms. The summed E-state index contributed by atoms with van der Waals surface area (Å²) in [4.78, 5) is 11.5. The van der Waals surface area contributed by atoms with Gasteiger partial charge in [-0.15, -0.1) is 0 Å². The third-order valence-electron chi connectivity index (χ3n) is 2.49. The van der Waals surface area contributed by atoms with Gasteiger partial charge >= 0.3 is 6.09 Å². The molecule has 0 aromatic heterocycles. The van der Waals surface area contributed by atoms with Gasteiger partial charge in [0.1, 0.15) is 5.60 Å². The van der Waals surface area contributed by atoms with Crippen LogP contribution in [-0.2, 0) is 4.74 Å². The fourth-order valence-electron chi connectivity index (χ4n) is 1.62. The monoisotopic (exact) mass is 210 g/mol. The van der Waals surface area contributed by atoms with Gasteiger partial charge in [-0.3, -0.25) is 0 Å². The van der Waals surface area contributed by atoms with Crippen LogP contribution in [0.25, 0.3) is 0 Å². The lowest BCUT2D eigenvalue weighted by molar-refractivity contribution is 0.0388. The van der Waals surface area contributed by atoms with Crippen molar-refractivity contribution in [2.75, 3.05) is 0 Å². The van der Waals surface area contributed by atoms with Gasteiger partial charge in [-0.25, -0.2) is 4.79 Å². The van der Waals surface area contributed by atoms with Crippen LogP contribution in [0.5, 0.6) is 0 Å². The fraction of sp³-hybridized carbons (Fsp3) is 0.818. The number of amides is 1. The fourth-order valence-corrected chi connectivity index (χ4v) is 1.62. The van der Waals surface area contributed by atoms with E-state index < -0.39 is 11.7 Å². The van der Waals surface area contributed by atoms with Crippen LogP contribution < -0.4 is 5.32 Å². The van der Waals surface area contributed by atoms with Gasteiger partial charge in [0.2, 0.25) is 0 Å². The van der Waals surface area contributed by atoms with E-state index in [0.29, 0.717) is 6.42 Å². The van der Waals surface area contributed by atoms with Crippen LogP contribution in [0.1, 0.15) is 46.5 Å². The smallest absolute Gasteiger partial charge is 0.408 e. The molecule has 1 rings (SSSR count). The van der Waals surface area contributed by atoms with E-state index in [0.717, 1.165) is 19.3 Å². The quantitative estimate of drug-likeness (QED) is 0.761. The van der Waals surface area contributed by atoms with E-state index in [1.807, 2.05) is 20.8 Å². The lowest BCUT2D eigenvalue weighted by atomic mass is 9.75. The van der Waals surface area contributed by atoms with Crippen LogP contribution in [0.2, 0.25) is 0 Å². The second-order valence-electron chi connectivity index (χ2n) is 5.10. The zero-order valence-corrected chi connectivity index (χ0v) is 9.59. The van der Waals surface area contributed by atoms with Gasteiger partial charge in [-0.1, -0.05) is 0 Å². The number of carbonyl (C=O) groups excluding carboxylic acids is 1. The largest absolute Gasteiger partial charge is 0.444 e. The Morgan fingerprint density at radius 2 is 2.13 bits per heavy atom. The molecular weight excluding hydrogens is 192 g/mol. The molecule has 4 heteroatoms. The molecule has 0 aliphatic heterocycles. The summed E-state index contributed by atoms with van der Waals surface area (Å²) in [6.07, 6.45) is 2.76. The van der Waals surface area contributed by atoms with E-state index in [1.165, 1.54) is 0 Å². The number of nitriles is 1. The van der Waals surface area contributed by atoms with Crippen LogP contribution in [0.4, 0.5) is 4.79 Å². The van der Waals surface area contributed by atoms with Crippen LogP contribution in [0, 0.1) is 11.3 Å². The Morgan fingerprint density at radius 3 is 2.47 bits per heavy atom. The van der Waals surface area contributed by atoms with Crippen molar-refractivity contribution in [3.63, 3.8) is 0 Å². The molecule has 1 amide bonds. The van der Waals surface area contributed by atoms with Crippen molar-refractivity contribution < 1.29 is 9.53 Å². The Labute approximate surface area is 90.6 Å². The van der Waals surface area contributed by atoms with Crippen molar-refractivity contribution in [3.05, 3.63) is 0 Å². The molecule has 1 aliphatic rings. The molecule has 1 aliphatic carbocycles. The maximum atomic E-state index is 11.5. The summed E-state index contributed by atoms with van der Waals surface area (Å²) in [5.41, 5.74) is -0.807. The minimum Gasteiger partial charge on any atom is -0.444 e. The molecule has 0 aromatic rings. The lowest BCUT2D eigenvalue weighted by Crippen LogP contribution is -2.54. The second-order valence-corrected chi connectivity index (χ2v) is 5.10. The first kappa shape index (κ1) is 11.8. The van der Waals surface area contributed by atoms with E-state index in [1.54, 1.807) is 0 Å². The van der Waals surface area contributed by atoms with Gasteiger partial charge in [-0.05, 0) is 40.0 Å². The van der Waals surface area contributed by atoms with E-state index in [-0.39, 0.29) is 5.54 Å². The predicted molar refractivity (Wildman–Crippen MR) is 56.2 cm³/mol. The number of ether oxygens (including phenoxy) is 1. The Bertz CT molecular complexity index is 282. The maximum absolute atomic E-state index is 11.5. The number of nitrogens with zero attached hydrogens (tertiary/aromatic N) is 1. The molecule has 0 unspecified atom stereocenters. The highest BCUT2D eigenvalue weighted by Crippen LogP contribution is 2.34. The average Bonchev–Trinajstić information content (AvgIpc) is 1.96. The van der Waals surface area contributed by atoms with Crippen LogP contribution in [0.3, 0.4) is 0 Å². The number of carbonyl (C=O) groups is 1. The Morgan fingerprint density at radius 1 is 1.53 bits per heavy atom. The molecule has 0 aromatic carbocycles. The normalized spacial score (nSPS) is 18.5. The minimum absolute atomic E-state index is 0.322. The highest BCUT2D eigenvalue weighted by molar-refractivity contribution is 5.69. The van der Waals surface area contributed by atoms with Crippen molar-refractivity contribution >= 4 is 6.09 Å². The molecule has 0 spiro atoms. The summed E-state index contributed by atoms with van der Waals surface area (Å²) in [5, 5.41) is 11.5. The van der Waals surface area contributed by atoms with Crippen molar-refractivity contribution in [1.29, 1.82) is 5.26 Å². The van der Waals surface area contributed by atoms with E-state index in [4.69, 9.17) is 10.00 Å². The number of hydrogen-bond donors (Lipinski definition) is 1. The third kappa shape index (κ3) is 3.43. The van der Waals surface area contributed by atoms with Crippen molar-refractivity contribution in [2.24, 2.45) is 0 Å². The Kier molecular flexibility index (Phi) is 3.23. The summed E-state index contributed by atoms with van der Waals surface area (Å²) in [6.45, 7) is 5.47. The molecule has 0 bridgehead atoms. The van der Waals surface area contributed by atoms with Gasteiger partial charge in [0, 0.05) is 0 Å². The molecule has 4 nitrogen and oxygen atoms in total. The molecule has 1 N–H and O–H groups in total. The molecule has 0 radical (unpaired) electrons. The SMILES string of the molecule is CC(C)(C)OC(=O)NC1(CC#N)CCC1. The first-order valence-corrected chi connectivity index (χ1v) is 5.25. The van der Waals surface area contributed by atoms with Crippen LogP contribution >= 0.6 is 0 Å². The molecule has 0 saturated heterocycles. The van der Waals surface area contributed by atoms with Gasteiger partial charge in [0.15, 0.2) is 0 Å². The Hall–Kier alpha value is -1.24. The molecule has 1 fully saturated rings. The molecule has 84 valence electrons. The van der Waals surface area contributed by atoms with E-state index in [2.05, 4.69) is 11.4 Å². The molecule has 0 heterocycles. The third-order valence-corrected chi connectivity index (χ3v) is 2.49. The molecular formula is C11H18N2O2. The zero-order valence-electron chi connectivity index (χ0n) is 9.59. The van der Waals surface area contributed by atoms with Crippen molar-refractivity contribution in [2.45, 2.75) is 57.6 Å². The van der Waals surface area contributed by atoms with Crippen LogP contribution in [0.15, 0.2) is 0 Å². The summed E-state index contributed by atoms with van der Waals surface area (Å²) < 4.78 is 5.16. The van der Waals surface area contributed by atoms with Gasteiger partial charge in [-0.2, -0.15) is 5.26 Å². The van der Waals surface area contributed by atoms with Crippen molar-refractivity contribution in [1.82, 2.24) is 5.32 Å². The maximum Gasteiger partial charge on any atom is 0.408 e. The average molecular weight is 210 g/mol. The van der Waals surface area contributed by atoms with Gasteiger partial charge in [0.25, 0.3) is 0 Å². The van der Waals surface area contributed by atoms with Crippen LogP contribution in [-0.4, -0.2) is 17.2 Å². The summed E-state index contributed by atoms with van der Waals surface area (Å²) in [7, 11) is 0. The first-order valence-electron chi connectivity index (χ1n) is 5.25. The van der Waals surface area contributed by atoms with E-state index >= 15 is 0 Å². The Balaban J connectivity index is 2.46. The number of nitrogens with one attached hydrogen (secondary N) is 1. The highest BCUT2D eigenvalue weighted by Gasteiger charge is 2.39. The van der Waals surface area contributed by atoms with Gasteiger partial charge in [0.05, 0.1) is 18.0 Å². The summed E-state index contributed by atoms with van der Waals surface area (Å²) in [6, 6.07) is 2.11. The molecule has 1 saturated carbocycles. The summed E-state index contributed by atoms with van der Waals surface area (Å²) in [5.74, 6) is 0. The highest BCUT2D eigenvalue weighted by atomic mass is 16.6. The summed E-state index contributed by atoms with van der Waals surface area (Å²) >= 11 is 0. The second kappa shape index (κ2) is 4.09. The minimum atomic E-state index is -0.484.